The zero-order valence-electron chi connectivity index (χ0n) is 18.5. The fourth-order valence-corrected chi connectivity index (χ4v) is 5.56. The Labute approximate surface area is 179 Å². The molecule has 0 spiro atoms. The highest BCUT2D eigenvalue weighted by Crippen LogP contribution is 2.60. The van der Waals surface area contributed by atoms with Gasteiger partial charge in [-0.25, -0.2) is 0 Å². The van der Waals surface area contributed by atoms with Crippen LogP contribution in [0, 0.1) is 22.0 Å². The van der Waals surface area contributed by atoms with Gasteiger partial charge in [-0.15, -0.1) is 0 Å². The van der Waals surface area contributed by atoms with Crippen molar-refractivity contribution < 1.29 is 14.3 Å². The van der Waals surface area contributed by atoms with Gasteiger partial charge in [-0.3, -0.25) is 19.4 Å². The van der Waals surface area contributed by atoms with Crippen molar-refractivity contribution in [3.8, 4) is 0 Å². The van der Waals surface area contributed by atoms with Crippen LogP contribution in [0.1, 0.15) is 46.5 Å². The molecule has 0 N–H and O–H groups in total. The van der Waals surface area contributed by atoms with Gasteiger partial charge in [0.25, 0.3) is 0 Å². The van der Waals surface area contributed by atoms with E-state index in [1.165, 1.54) is 0 Å². The number of nitrogens with zero attached hydrogens (tertiary/aromatic N) is 4. The number of carbonyl (C=O) groups excluding carboxylic acids is 2. The number of piperazine rings is 1. The molecule has 7 nitrogen and oxygen atoms in total. The van der Waals surface area contributed by atoms with E-state index in [2.05, 4.69) is 30.6 Å². The molecule has 4 rings (SSSR count). The van der Waals surface area contributed by atoms with Gasteiger partial charge in [-0.05, 0) is 37.6 Å². The van der Waals surface area contributed by atoms with Crippen LogP contribution in [0.15, 0.2) is 24.5 Å². The molecule has 0 unspecified atom stereocenters. The number of fused-ring (bicyclic) bond motifs is 2. The monoisotopic (exact) mass is 414 g/mol. The summed E-state index contributed by atoms with van der Waals surface area (Å²) in [4.78, 5) is 32.3. The minimum Gasteiger partial charge on any atom is -0.619 e. The Kier molecular flexibility index (Phi) is 5.51. The molecule has 2 aliphatic heterocycles. The van der Waals surface area contributed by atoms with E-state index in [4.69, 9.17) is 0 Å². The van der Waals surface area contributed by atoms with E-state index >= 15 is 0 Å². The Morgan fingerprint density at radius 2 is 1.67 bits per heavy atom. The molecule has 1 aromatic heterocycles. The number of piperidine rings is 1. The first-order valence-electron chi connectivity index (χ1n) is 11.3. The first kappa shape index (κ1) is 21.1. The Balaban J connectivity index is 1.22. The molecule has 1 aromatic rings. The highest BCUT2D eigenvalue weighted by molar-refractivity contribution is 6.03. The van der Waals surface area contributed by atoms with Crippen molar-refractivity contribution in [2.75, 3.05) is 44.2 Å². The van der Waals surface area contributed by atoms with Crippen LogP contribution in [0.5, 0.6) is 0 Å². The lowest BCUT2D eigenvalue weighted by Crippen LogP contribution is -2.59. The fourth-order valence-electron chi connectivity index (χ4n) is 5.56. The normalized spacial score (nSPS) is 29.0. The molecule has 164 valence electrons. The Hall–Kier alpha value is -2.15. The second-order valence-electron chi connectivity index (χ2n) is 9.89. The fraction of sp³-hybridized carbons (Fsp3) is 0.696. The first-order valence-corrected chi connectivity index (χ1v) is 11.3. The molecule has 0 aromatic carbocycles. The summed E-state index contributed by atoms with van der Waals surface area (Å²) in [5.74, 6) is 0.0836. The van der Waals surface area contributed by atoms with Gasteiger partial charge < -0.3 is 10.1 Å². The first-order chi connectivity index (χ1) is 14.2. The van der Waals surface area contributed by atoms with Crippen molar-refractivity contribution in [1.82, 2.24) is 9.80 Å². The number of likely N-dealkylation sites (tertiary alicyclic amines) is 1. The molecule has 2 saturated heterocycles. The molecule has 1 aliphatic carbocycles. The van der Waals surface area contributed by atoms with Crippen molar-refractivity contribution in [2.24, 2.45) is 16.7 Å². The maximum Gasteiger partial charge on any atom is 0.235 e. The number of unbranched alkanes of at least 4 members (excludes halogenated alkanes) is 1. The Morgan fingerprint density at radius 3 is 2.33 bits per heavy atom. The van der Waals surface area contributed by atoms with Crippen molar-refractivity contribution in [3.05, 3.63) is 29.7 Å². The Bertz CT molecular complexity index is 801. The smallest absolute Gasteiger partial charge is 0.235 e. The van der Waals surface area contributed by atoms with Crippen LogP contribution in [0.3, 0.4) is 0 Å². The van der Waals surface area contributed by atoms with Crippen molar-refractivity contribution in [2.45, 2.75) is 46.5 Å². The summed E-state index contributed by atoms with van der Waals surface area (Å²) in [5, 5.41) is 11.2. The topological polar surface area (TPSA) is 70.8 Å². The van der Waals surface area contributed by atoms with Gasteiger partial charge in [0.05, 0.1) is 5.41 Å². The predicted molar refractivity (Wildman–Crippen MR) is 115 cm³/mol. The van der Waals surface area contributed by atoms with Gasteiger partial charge in [0.1, 0.15) is 0 Å². The quantitative estimate of drug-likeness (QED) is 0.308. The third kappa shape index (κ3) is 3.47. The van der Waals surface area contributed by atoms with Crippen molar-refractivity contribution >= 4 is 17.5 Å². The van der Waals surface area contributed by atoms with E-state index in [1.54, 1.807) is 17.3 Å². The van der Waals surface area contributed by atoms with E-state index in [-0.39, 0.29) is 23.1 Å². The highest BCUT2D eigenvalue weighted by atomic mass is 16.5. The molecular weight excluding hydrogens is 380 g/mol. The lowest BCUT2D eigenvalue weighted by atomic mass is 9.62. The number of imide groups is 1. The number of hydrogen-bond donors (Lipinski definition) is 0. The summed E-state index contributed by atoms with van der Waals surface area (Å²) in [6, 6.07) is 3.73. The zero-order valence-corrected chi connectivity index (χ0v) is 18.5. The summed E-state index contributed by atoms with van der Waals surface area (Å²) in [6.07, 6.45) is 6.60. The molecule has 0 radical (unpaired) electrons. The van der Waals surface area contributed by atoms with Crippen LogP contribution < -0.4 is 9.63 Å². The van der Waals surface area contributed by atoms with Crippen LogP contribution >= 0.6 is 0 Å². The average molecular weight is 415 g/mol. The highest BCUT2D eigenvalue weighted by Gasteiger charge is 2.64. The number of hydrogen-bond acceptors (Lipinski definition) is 5. The number of aromatic nitrogens is 1. The maximum atomic E-state index is 13.1. The molecule has 2 bridgehead atoms. The molecule has 2 amide bonds. The van der Waals surface area contributed by atoms with Crippen LogP contribution in [0.4, 0.5) is 5.69 Å². The summed E-state index contributed by atoms with van der Waals surface area (Å²) in [7, 11) is 0. The van der Waals surface area contributed by atoms with Crippen LogP contribution in [0.2, 0.25) is 0 Å². The molecule has 2 atom stereocenters. The van der Waals surface area contributed by atoms with Gasteiger partial charge in [0.2, 0.25) is 11.8 Å². The lowest BCUT2D eigenvalue weighted by molar-refractivity contribution is -0.605. The summed E-state index contributed by atoms with van der Waals surface area (Å²) >= 11 is 0. The van der Waals surface area contributed by atoms with Crippen LogP contribution in [-0.2, 0) is 9.59 Å². The number of pyridine rings is 1. The van der Waals surface area contributed by atoms with Gasteiger partial charge in [0, 0.05) is 56.5 Å². The van der Waals surface area contributed by atoms with Crippen LogP contribution in [0.25, 0.3) is 0 Å². The minimum atomic E-state index is -0.398. The molecule has 30 heavy (non-hydrogen) atoms. The molecule has 7 heteroatoms. The second-order valence-corrected chi connectivity index (χ2v) is 9.89. The van der Waals surface area contributed by atoms with E-state index in [0.717, 1.165) is 68.8 Å². The third-order valence-corrected chi connectivity index (χ3v) is 8.14. The van der Waals surface area contributed by atoms with Gasteiger partial charge in [0.15, 0.2) is 12.4 Å². The number of rotatable bonds is 6. The molecular formula is C23H34N4O3. The lowest BCUT2D eigenvalue weighted by Gasteiger charge is -2.47. The molecule has 3 heterocycles. The molecule has 3 aliphatic rings. The maximum absolute atomic E-state index is 13.1. The summed E-state index contributed by atoms with van der Waals surface area (Å²) < 4.78 is 0.810. The van der Waals surface area contributed by atoms with Crippen LogP contribution in [-0.4, -0.2) is 60.9 Å². The van der Waals surface area contributed by atoms with Gasteiger partial charge >= 0.3 is 0 Å². The van der Waals surface area contributed by atoms with E-state index in [9.17, 15) is 14.8 Å². The molecule has 1 saturated carbocycles. The number of amides is 2. The standard InChI is InChI=1S/C23H34N4O3/c1-22(2)19-6-9-23(22,3)21(29)27(20(19)28)11-5-4-10-24-14-16-25(17-15-24)18-7-12-26(30)13-8-18/h7-8,12-13,19H,4-6,9-11,14-17H2,1-3H3/t19-,23+/m1/s1. The largest absolute Gasteiger partial charge is 0.619 e. The summed E-state index contributed by atoms with van der Waals surface area (Å²) in [6.45, 7) is 11.6. The molecule has 3 fully saturated rings. The summed E-state index contributed by atoms with van der Waals surface area (Å²) in [5.41, 5.74) is 0.462. The SMILES string of the molecule is CC1(C)[C@@H]2CC[C@@]1(C)C(=O)N(CCCCN1CCN(c3cc[n+]([O-])cc3)CC1)C2=O. The van der Waals surface area contributed by atoms with E-state index in [1.807, 2.05) is 12.1 Å². The van der Waals surface area contributed by atoms with Crippen molar-refractivity contribution in [3.63, 3.8) is 0 Å². The van der Waals surface area contributed by atoms with Gasteiger partial charge in [-0.1, -0.05) is 20.8 Å². The van der Waals surface area contributed by atoms with Crippen molar-refractivity contribution in [1.29, 1.82) is 0 Å². The predicted octanol–water partition coefficient (Wildman–Crippen LogP) is 2.03. The second kappa shape index (κ2) is 7.84. The van der Waals surface area contributed by atoms with E-state index in [0.29, 0.717) is 6.54 Å². The third-order valence-electron chi connectivity index (χ3n) is 8.14. The minimum absolute atomic E-state index is 0.0117. The van der Waals surface area contributed by atoms with E-state index < -0.39 is 5.41 Å². The number of anilines is 1. The number of carbonyl (C=O) groups is 2. The zero-order chi connectivity index (χ0) is 21.5. The average Bonchev–Trinajstić information content (AvgIpc) is 2.92. The Morgan fingerprint density at radius 1 is 1.03 bits per heavy atom. The van der Waals surface area contributed by atoms with Gasteiger partial charge in [-0.2, -0.15) is 4.73 Å².